The number of aliphatic hydroxyl groups excluding tert-OH is 1. The van der Waals surface area contributed by atoms with Crippen molar-refractivity contribution < 1.29 is 5.11 Å². The number of piperidine rings is 1. The SMILES string of the molecule is OC1CCN(c2nccn3ccnc23)CC1. The zero-order chi connectivity index (χ0) is 11.0. The van der Waals surface area contributed by atoms with E-state index < -0.39 is 0 Å². The lowest BCUT2D eigenvalue weighted by Gasteiger charge is -2.30. The van der Waals surface area contributed by atoms with E-state index in [0.29, 0.717) is 0 Å². The highest BCUT2D eigenvalue weighted by atomic mass is 16.3. The lowest BCUT2D eigenvalue weighted by Crippen LogP contribution is -2.36. The van der Waals surface area contributed by atoms with Gasteiger partial charge in [0, 0.05) is 37.9 Å². The van der Waals surface area contributed by atoms with Gasteiger partial charge in [0.25, 0.3) is 0 Å². The van der Waals surface area contributed by atoms with Gasteiger partial charge in [0.05, 0.1) is 6.10 Å². The summed E-state index contributed by atoms with van der Waals surface area (Å²) in [5.74, 6) is 0.916. The molecule has 0 bridgehead atoms. The average molecular weight is 218 g/mol. The number of hydrogen-bond donors (Lipinski definition) is 1. The number of hydrogen-bond acceptors (Lipinski definition) is 4. The summed E-state index contributed by atoms with van der Waals surface area (Å²) in [7, 11) is 0. The van der Waals surface area contributed by atoms with Gasteiger partial charge in [0.15, 0.2) is 11.5 Å². The van der Waals surface area contributed by atoms with Crippen LogP contribution in [0.2, 0.25) is 0 Å². The molecule has 5 heteroatoms. The molecule has 84 valence electrons. The zero-order valence-electron chi connectivity index (χ0n) is 8.95. The maximum absolute atomic E-state index is 9.48. The van der Waals surface area contributed by atoms with Crippen LogP contribution in [0, 0.1) is 0 Å². The molecule has 2 aromatic rings. The number of imidazole rings is 1. The quantitative estimate of drug-likeness (QED) is 0.765. The molecule has 1 N–H and O–H groups in total. The van der Waals surface area contributed by atoms with Crippen LogP contribution in [0.5, 0.6) is 0 Å². The lowest BCUT2D eigenvalue weighted by atomic mass is 10.1. The predicted molar refractivity (Wildman–Crippen MR) is 60.4 cm³/mol. The van der Waals surface area contributed by atoms with Crippen molar-refractivity contribution in [3.8, 4) is 0 Å². The fraction of sp³-hybridized carbons (Fsp3) is 0.455. The molecule has 0 saturated carbocycles. The molecule has 3 rings (SSSR count). The summed E-state index contributed by atoms with van der Waals surface area (Å²) in [6.45, 7) is 1.70. The molecule has 0 amide bonds. The summed E-state index contributed by atoms with van der Waals surface area (Å²) < 4.78 is 1.97. The molecule has 3 heterocycles. The van der Waals surface area contributed by atoms with E-state index in [9.17, 15) is 5.11 Å². The van der Waals surface area contributed by atoms with Crippen LogP contribution >= 0.6 is 0 Å². The van der Waals surface area contributed by atoms with Crippen molar-refractivity contribution in [3.63, 3.8) is 0 Å². The largest absolute Gasteiger partial charge is 0.393 e. The van der Waals surface area contributed by atoms with Gasteiger partial charge in [0.1, 0.15) is 0 Å². The molecule has 0 radical (unpaired) electrons. The zero-order valence-corrected chi connectivity index (χ0v) is 8.95. The summed E-state index contributed by atoms with van der Waals surface area (Å²) in [6, 6.07) is 0. The lowest BCUT2D eigenvalue weighted by molar-refractivity contribution is 0.145. The summed E-state index contributed by atoms with van der Waals surface area (Å²) >= 11 is 0. The van der Waals surface area contributed by atoms with Crippen molar-refractivity contribution in [1.82, 2.24) is 14.4 Å². The highest BCUT2D eigenvalue weighted by Gasteiger charge is 2.20. The predicted octanol–water partition coefficient (Wildman–Crippen LogP) is 0.690. The Labute approximate surface area is 93.4 Å². The number of fused-ring (bicyclic) bond motifs is 1. The number of nitrogens with zero attached hydrogens (tertiary/aromatic N) is 4. The van der Waals surface area contributed by atoms with Gasteiger partial charge >= 0.3 is 0 Å². The van der Waals surface area contributed by atoms with Crippen LogP contribution in [0.4, 0.5) is 5.82 Å². The van der Waals surface area contributed by atoms with Crippen LogP contribution in [0.15, 0.2) is 24.8 Å². The second kappa shape index (κ2) is 3.75. The van der Waals surface area contributed by atoms with Crippen LogP contribution in [0.1, 0.15) is 12.8 Å². The van der Waals surface area contributed by atoms with Crippen molar-refractivity contribution in [3.05, 3.63) is 24.8 Å². The Balaban J connectivity index is 1.96. The number of aromatic nitrogens is 3. The molecule has 0 atom stereocenters. The Morgan fingerprint density at radius 3 is 2.56 bits per heavy atom. The summed E-state index contributed by atoms with van der Waals surface area (Å²) in [4.78, 5) is 10.9. The van der Waals surface area contributed by atoms with Crippen LogP contribution in [-0.4, -0.2) is 38.7 Å². The molecule has 0 unspecified atom stereocenters. The summed E-state index contributed by atoms with van der Waals surface area (Å²) in [6.07, 6.45) is 8.83. The third-order valence-corrected chi connectivity index (χ3v) is 3.06. The fourth-order valence-corrected chi connectivity index (χ4v) is 2.14. The van der Waals surface area contributed by atoms with Gasteiger partial charge in [-0.25, -0.2) is 9.97 Å². The second-order valence-electron chi connectivity index (χ2n) is 4.13. The molecule has 1 aliphatic heterocycles. The van der Waals surface area contributed by atoms with E-state index in [2.05, 4.69) is 14.9 Å². The van der Waals surface area contributed by atoms with Crippen molar-refractivity contribution in [2.75, 3.05) is 18.0 Å². The maximum Gasteiger partial charge on any atom is 0.180 e. The van der Waals surface area contributed by atoms with Crippen LogP contribution in [0.25, 0.3) is 5.65 Å². The first-order chi connectivity index (χ1) is 7.84. The molecular formula is C11H14N4O. The van der Waals surface area contributed by atoms with Crippen molar-refractivity contribution in [2.45, 2.75) is 18.9 Å². The average Bonchev–Trinajstić information content (AvgIpc) is 2.78. The molecular weight excluding hydrogens is 204 g/mol. The Morgan fingerprint density at radius 1 is 1.12 bits per heavy atom. The molecule has 0 aromatic carbocycles. The third kappa shape index (κ3) is 1.53. The van der Waals surface area contributed by atoms with E-state index in [4.69, 9.17) is 0 Å². The first kappa shape index (κ1) is 9.59. The second-order valence-corrected chi connectivity index (χ2v) is 4.13. The molecule has 16 heavy (non-hydrogen) atoms. The van der Waals surface area contributed by atoms with E-state index in [1.807, 2.05) is 16.8 Å². The Morgan fingerprint density at radius 2 is 1.81 bits per heavy atom. The van der Waals surface area contributed by atoms with Gasteiger partial charge in [-0.2, -0.15) is 0 Å². The minimum Gasteiger partial charge on any atom is -0.393 e. The molecule has 1 saturated heterocycles. The normalized spacial score (nSPS) is 18.2. The number of aliphatic hydroxyl groups is 1. The first-order valence-electron chi connectivity index (χ1n) is 5.55. The van der Waals surface area contributed by atoms with Crippen molar-refractivity contribution in [1.29, 1.82) is 0 Å². The third-order valence-electron chi connectivity index (χ3n) is 3.06. The van der Waals surface area contributed by atoms with Gasteiger partial charge in [-0.05, 0) is 12.8 Å². The van der Waals surface area contributed by atoms with Crippen molar-refractivity contribution >= 4 is 11.5 Å². The van der Waals surface area contributed by atoms with E-state index >= 15 is 0 Å². The molecule has 1 fully saturated rings. The van der Waals surface area contributed by atoms with E-state index in [1.54, 1.807) is 12.4 Å². The Kier molecular flexibility index (Phi) is 2.25. The maximum atomic E-state index is 9.48. The standard InChI is InChI=1S/C11H14N4O/c16-9-1-5-14(6-2-9)10-11-13-4-8-15(11)7-3-12-10/h3-4,7-9,16H,1-2,5-6H2. The molecule has 2 aromatic heterocycles. The minimum absolute atomic E-state index is 0.157. The smallest absolute Gasteiger partial charge is 0.180 e. The minimum atomic E-state index is -0.157. The van der Waals surface area contributed by atoms with Crippen molar-refractivity contribution in [2.24, 2.45) is 0 Å². The molecule has 1 aliphatic rings. The number of anilines is 1. The monoisotopic (exact) mass is 218 g/mol. The van der Waals surface area contributed by atoms with Crippen LogP contribution < -0.4 is 4.90 Å². The molecule has 5 nitrogen and oxygen atoms in total. The Bertz CT molecular complexity index is 487. The Hall–Kier alpha value is -1.62. The van der Waals surface area contributed by atoms with E-state index in [-0.39, 0.29) is 6.10 Å². The number of rotatable bonds is 1. The highest BCUT2D eigenvalue weighted by Crippen LogP contribution is 2.21. The van der Waals surface area contributed by atoms with E-state index in [1.165, 1.54) is 0 Å². The molecule has 0 aliphatic carbocycles. The van der Waals surface area contributed by atoms with Gasteiger partial charge in [-0.1, -0.05) is 0 Å². The topological polar surface area (TPSA) is 53.7 Å². The van der Waals surface area contributed by atoms with Gasteiger partial charge in [-0.15, -0.1) is 0 Å². The highest BCUT2D eigenvalue weighted by molar-refractivity contribution is 5.64. The van der Waals surface area contributed by atoms with E-state index in [0.717, 1.165) is 37.4 Å². The molecule has 0 spiro atoms. The summed E-state index contributed by atoms with van der Waals surface area (Å²) in [5, 5.41) is 9.48. The van der Waals surface area contributed by atoms with Gasteiger partial charge in [-0.3, -0.25) is 0 Å². The fourth-order valence-electron chi connectivity index (χ4n) is 2.14. The van der Waals surface area contributed by atoms with Crippen LogP contribution in [-0.2, 0) is 0 Å². The van der Waals surface area contributed by atoms with Gasteiger partial charge in [0.2, 0.25) is 0 Å². The first-order valence-corrected chi connectivity index (χ1v) is 5.55. The summed E-state index contributed by atoms with van der Waals surface area (Å²) in [5.41, 5.74) is 0.888. The van der Waals surface area contributed by atoms with Crippen LogP contribution in [0.3, 0.4) is 0 Å². The van der Waals surface area contributed by atoms with Gasteiger partial charge < -0.3 is 14.4 Å².